The van der Waals surface area contributed by atoms with Gasteiger partial charge in [0.2, 0.25) is 0 Å². The highest BCUT2D eigenvalue weighted by molar-refractivity contribution is 5.87. The SMILES string of the molecule is Cc1[nH]c2cc(O)c(O)cc2c1C.Oc1cc2cc[nH]c2cc1O. The number of phenols is 4. The van der Waals surface area contributed by atoms with Crippen LogP contribution in [0.25, 0.3) is 21.8 Å². The second kappa shape index (κ2) is 5.73. The molecule has 0 aliphatic rings. The Bertz CT molecular complexity index is 995. The van der Waals surface area contributed by atoms with Gasteiger partial charge in [0, 0.05) is 45.8 Å². The molecule has 6 heteroatoms. The molecule has 6 nitrogen and oxygen atoms in total. The molecule has 0 bridgehead atoms. The molecule has 0 amide bonds. The maximum atomic E-state index is 9.29. The van der Waals surface area contributed by atoms with Gasteiger partial charge in [-0.15, -0.1) is 0 Å². The summed E-state index contributed by atoms with van der Waals surface area (Å²) in [6, 6.07) is 7.94. The van der Waals surface area contributed by atoms with Gasteiger partial charge in [0.25, 0.3) is 0 Å². The van der Waals surface area contributed by atoms with Crippen molar-refractivity contribution < 1.29 is 20.4 Å². The van der Waals surface area contributed by atoms with E-state index in [1.54, 1.807) is 12.3 Å². The first-order chi connectivity index (χ1) is 11.4. The average molecular weight is 326 g/mol. The third-order valence-electron chi connectivity index (χ3n) is 4.05. The standard InChI is InChI=1S/C10H11NO2.C8H7NO2/c1-5-6(2)11-8-4-10(13)9(12)3-7(5)8;10-7-3-5-1-2-9-6(5)4-8(7)11/h3-4,11-13H,1-2H3;1-4,9-11H. The van der Waals surface area contributed by atoms with E-state index < -0.39 is 0 Å². The lowest BCUT2D eigenvalue weighted by atomic mass is 10.1. The third-order valence-corrected chi connectivity index (χ3v) is 4.05. The normalized spacial score (nSPS) is 10.8. The van der Waals surface area contributed by atoms with Crippen molar-refractivity contribution in [3.8, 4) is 23.0 Å². The number of aromatic hydroxyl groups is 4. The van der Waals surface area contributed by atoms with E-state index in [4.69, 9.17) is 10.2 Å². The fourth-order valence-corrected chi connectivity index (χ4v) is 2.57. The minimum Gasteiger partial charge on any atom is -0.504 e. The van der Waals surface area contributed by atoms with Crippen LogP contribution in [0.2, 0.25) is 0 Å². The molecule has 24 heavy (non-hydrogen) atoms. The van der Waals surface area contributed by atoms with Gasteiger partial charge in [-0.2, -0.15) is 0 Å². The Morgan fingerprint density at radius 3 is 2.04 bits per heavy atom. The van der Waals surface area contributed by atoms with Gasteiger partial charge >= 0.3 is 0 Å². The van der Waals surface area contributed by atoms with E-state index in [1.807, 2.05) is 19.9 Å². The highest BCUT2D eigenvalue weighted by Crippen LogP contribution is 2.32. The van der Waals surface area contributed by atoms with Gasteiger partial charge in [0.15, 0.2) is 23.0 Å². The van der Waals surface area contributed by atoms with Gasteiger partial charge in [-0.05, 0) is 37.6 Å². The number of aryl methyl sites for hydroxylation is 2. The zero-order valence-electron chi connectivity index (χ0n) is 13.3. The van der Waals surface area contributed by atoms with Crippen molar-refractivity contribution >= 4 is 21.8 Å². The number of aromatic amines is 2. The van der Waals surface area contributed by atoms with Crippen molar-refractivity contribution in [2.75, 3.05) is 0 Å². The number of rotatable bonds is 0. The molecule has 0 atom stereocenters. The molecule has 0 saturated heterocycles. The van der Waals surface area contributed by atoms with E-state index in [0.29, 0.717) is 0 Å². The summed E-state index contributed by atoms with van der Waals surface area (Å²) in [4.78, 5) is 6.04. The molecule has 0 unspecified atom stereocenters. The first-order valence-corrected chi connectivity index (χ1v) is 7.36. The summed E-state index contributed by atoms with van der Waals surface area (Å²) in [6.45, 7) is 3.94. The highest BCUT2D eigenvalue weighted by Gasteiger charge is 2.07. The number of aromatic nitrogens is 2. The fourth-order valence-electron chi connectivity index (χ4n) is 2.57. The van der Waals surface area contributed by atoms with E-state index in [-0.39, 0.29) is 23.0 Å². The summed E-state index contributed by atoms with van der Waals surface area (Å²) >= 11 is 0. The lowest BCUT2D eigenvalue weighted by molar-refractivity contribution is 0.405. The van der Waals surface area contributed by atoms with Crippen molar-refractivity contribution in [3.63, 3.8) is 0 Å². The summed E-state index contributed by atoms with van der Waals surface area (Å²) in [5.41, 5.74) is 3.83. The predicted octanol–water partition coefficient (Wildman–Crippen LogP) is 3.78. The maximum absolute atomic E-state index is 9.29. The van der Waals surface area contributed by atoms with Crippen LogP contribution in [0.15, 0.2) is 36.5 Å². The van der Waals surface area contributed by atoms with E-state index in [1.165, 1.54) is 18.2 Å². The van der Waals surface area contributed by atoms with Crippen LogP contribution in [-0.2, 0) is 0 Å². The second-order valence-electron chi connectivity index (χ2n) is 5.67. The number of H-pyrrole nitrogens is 2. The van der Waals surface area contributed by atoms with E-state index in [9.17, 15) is 10.2 Å². The fraction of sp³-hybridized carbons (Fsp3) is 0.111. The van der Waals surface area contributed by atoms with E-state index in [0.717, 1.165) is 33.1 Å². The van der Waals surface area contributed by atoms with Crippen molar-refractivity contribution in [2.45, 2.75) is 13.8 Å². The molecule has 6 N–H and O–H groups in total. The third kappa shape index (κ3) is 2.69. The monoisotopic (exact) mass is 326 g/mol. The van der Waals surface area contributed by atoms with E-state index >= 15 is 0 Å². The number of hydrogen-bond acceptors (Lipinski definition) is 4. The molecule has 0 spiro atoms. The number of nitrogens with one attached hydrogen (secondary N) is 2. The van der Waals surface area contributed by atoms with Gasteiger partial charge < -0.3 is 30.4 Å². The molecule has 0 saturated carbocycles. The molecule has 0 aliphatic heterocycles. The number of fused-ring (bicyclic) bond motifs is 2. The van der Waals surface area contributed by atoms with Gasteiger partial charge in [0.1, 0.15) is 0 Å². The minimum atomic E-state index is -0.0973. The Hall–Kier alpha value is -3.28. The number of benzene rings is 2. The Morgan fingerprint density at radius 2 is 1.33 bits per heavy atom. The van der Waals surface area contributed by atoms with Crippen molar-refractivity contribution in [1.82, 2.24) is 9.97 Å². The summed E-state index contributed by atoms with van der Waals surface area (Å²) in [5, 5.41) is 38.5. The Morgan fingerprint density at radius 1 is 0.750 bits per heavy atom. The van der Waals surface area contributed by atoms with Crippen LogP contribution >= 0.6 is 0 Å². The molecular weight excluding hydrogens is 308 g/mol. The number of hydrogen-bond donors (Lipinski definition) is 6. The predicted molar refractivity (Wildman–Crippen MR) is 92.7 cm³/mol. The first kappa shape index (κ1) is 15.6. The zero-order chi connectivity index (χ0) is 17.4. The van der Waals surface area contributed by atoms with Crippen LogP contribution < -0.4 is 0 Å². The zero-order valence-corrected chi connectivity index (χ0v) is 13.3. The second-order valence-corrected chi connectivity index (χ2v) is 5.67. The van der Waals surface area contributed by atoms with Crippen LogP contribution in [0.4, 0.5) is 0 Å². The molecule has 4 aromatic rings. The molecule has 2 aromatic carbocycles. The summed E-state index contributed by atoms with van der Waals surface area (Å²) in [6.07, 6.45) is 1.75. The summed E-state index contributed by atoms with van der Waals surface area (Å²) < 4.78 is 0. The van der Waals surface area contributed by atoms with Gasteiger partial charge in [-0.1, -0.05) is 0 Å². The molecule has 0 radical (unpaired) electrons. The minimum absolute atomic E-state index is 0.0744. The Kier molecular flexibility index (Phi) is 3.73. The Labute approximate surface area is 137 Å². The molecule has 0 aliphatic carbocycles. The molecule has 2 aromatic heterocycles. The topological polar surface area (TPSA) is 113 Å². The van der Waals surface area contributed by atoms with Crippen LogP contribution in [0.3, 0.4) is 0 Å². The van der Waals surface area contributed by atoms with Crippen LogP contribution in [-0.4, -0.2) is 30.4 Å². The van der Waals surface area contributed by atoms with Gasteiger partial charge in [-0.3, -0.25) is 0 Å². The van der Waals surface area contributed by atoms with Crippen molar-refractivity contribution in [3.05, 3.63) is 47.8 Å². The smallest absolute Gasteiger partial charge is 0.159 e. The molecule has 0 fully saturated rings. The molecular formula is C18H18N2O4. The quantitative estimate of drug-likeness (QED) is 0.276. The highest BCUT2D eigenvalue weighted by atomic mass is 16.3. The van der Waals surface area contributed by atoms with Crippen LogP contribution in [0, 0.1) is 13.8 Å². The summed E-state index contributed by atoms with van der Waals surface area (Å²) in [7, 11) is 0. The largest absolute Gasteiger partial charge is 0.504 e. The van der Waals surface area contributed by atoms with Crippen molar-refractivity contribution in [1.29, 1.82) is 0 Å². The van der Waals surface area contributed by atoms with Gasteiger partial charge in [0.05, 0.1) is 0 Å². The lowest BCUT2D eigenvalue weighted by Crippen LogP contribution is -1.72. The molecule has 4 rings (SSSR count). The van der Waals surface area contributed by atoms with Crippen molar-refractivity contribution in [2.24, 2.45) is 0 Å². The molecule has 2 heterocycles. The van der Waals surface area contributed by atoms with E-state index in [2.05, 4.69) is 9.97 Å². The number of phenolic OH excluding ortho intramolecular Hbond substituents is 4. The summed E-state index contributed by atoms with van der Waals surface area (Å²) in [5.74, 6) is -0.347. The Balaban J connectivity index is 0.000000143. The van der Waals surface area contributed by atoms with Crippen LogP contribution in [0.1, 0.15) is 11.3 Å². The lowest BCUT2D eigenvalue weighted by Gasteiger charge is -1.97. The first-order valence-electron chi connectivity index (χ1n) is 7.36. The molecule has 124 valence electrons. The van der Waals surface area contributed by atoms with Crippen LogP contribution in [0.5, 0.6) is 23.0 Å². The van der Waals surface area contributed by atoms with Gasteiger partial charge in [-0.25, -0.2) is 0 Å². The maximum Gasteiger partial charge on any atom is 0.159 e. The average Bonchev–Trinajstić information content (AvgIpc) is 3.07.